The first-order valence-corrected chi connectivity index (χ1v) is 8.68. The number of thiophene rings is 1. The highest BCUT2D eigenvalue weighted by Gasteiger charge is 2.14. The van der Waals surface area contributed by atoms with E-state index < -0.39 is 0 Å². The Kier molecular flexibility index (Phi) is 3.76. The van der Waals surface area contributed by atoms with Gasteiger partial charge in [0.05, 0.1) is 0 Å². The molecule has 3 aromatic heterocycles. The van der Waals surface area contributed by atoms with Gasteiger partial charge in [-0.15, -0.1) is 21.5 Å². The van der Waals surface area contributed by atoms with Crippen LogP contribution in [0.15, 0.2) is 51.3 Å². The molecule has 1 aromatic carbocycles. The molecule has 0 fully saturated rings. The van der Waals surface area contributed by atoms with Gasteiger partial charge in [-0.3, -0.25) is 0 Å². The molecule has 0 radical (unpaired) electrons. The second-order valence-electron chi connectivity index (χ2n) is 4.74. The lowest BCUT2D eigenvalue weighted by molar-refractivity contribution is 0.465. The van der Waals surface area contributed by atoms with E-state index >= 15 is 0 Å². The smallest absolute Gasteiger partial charge is 0.283 e. The summed E-state index contributed by atoms with van der Waals surface area (Å²) in [6.45, 7) is 2.05. The van der Waals surface area contributed by atoms with Crippen LogP contribution >= 0.6 is 34.7 Å². The fourth-order valence-electron chi connectivity index (χ4n) is 2.11. The number of aromatic nitrogens is 4. The van der Waals surface area contributed by atoms with Crippen molar-refractivity contribution in [2.75, 3.05) is 0 Å². The third-order valence-corrected chi connectivity index (χ3v) is 5.13. The van der Waals surface area contributed by atoms with E-state index in [0.29, 0.717) is 16.1 Å². The average molecular weight is 361 g/mol. The van der Waals surface area contributed by atoms with Gasteiger partial charge in [-0.25, -0.2) is 9.97 Å². The number of aryl methyl sites for hydroxylation is 1. The molecule has 0 amide bonds. The molecular formula is C15H9ClN4OS2. The van der Waals surface area contributed by atoms with Crippen molar-refractivity contribution in [3.8, 4) is 11.5 Å². The summed E-state index contributed by atoms with van der Waals surface area (Å²) in [6.07, 6.45) is 1.55. The lowest BCUT2D eigenvalue weighted by atomic mass is 10.2. The highest BCUT2D eigenvalue weighted by Crippen LogP contribution is 2.34. The minimum absolute atomic E-state index is 0.432. The van der Waals surface area contributed by atoms with Crippen LogP contribution in [0.5, 0.6) is 0 Å². The van der Waals surface area contributed by atoms with Crippen molar-refractivity contribution in [2.45, 2.75) is 17.2 Å². The van der Waals surface area contributed by atoms with Crippen molar-refractivity contribution in [1.82, 2.24) is 20.2 Å². The van der Waals surface area contributed by atoms with Gasteiger partial charge in [-0.2, -0.15) is 0 Å². The van der Waals surface area contributed by atoms with Gasteiger partial charge < -0.3 is 4.42 Å². The number of rotatable bonds is 3. The third-order valence-electron chi connectivity index (χ3n) is 3.08. The van der Waals surface area contributed by atoms with E-state index in [0.717, 1.165) is 20.8 Å². The third kappa shape index (κ3) is 2.95. The van der Waals surface area contributed by atoms with E-state index in [1.165, 1.54) is 16.6 Å². The summed E-state index contributed by atoms with van der Waals surface area (Å²) in [4.78, 5) is 10.7. The van der Waals surface area contributed by atoms with Crippen LogP contribution in [0.25, 0.3) is 21.7 Å². The van der Waals surface area contributed by atoms with Crippen LogP contribution in [-0.4, -0.2) is 20.2 Å². The molecule has 4 aromatic rings. The van der Waals surface area contributed by atoms with Gasteiger partial charge in [-0.1, -0.05) is 17.7 Å². The molecule has 114 valence electrons. The summed E-state index contributed by atoms with van der Waals surface area (Å²) in [5.41, 5.74) is 0.788. The molecule has 0 bridgehead atoms. The highest BCUT2D eigenvalue weighted by molar-refractivity contribution is 7.99. The molecule has 0 atom stereocenters. The van der Waals surface area contributed by atoms with Crippen LogP contribution in [0.3, 0.4) is 0 Å². The molecule has 8 heteroatoms. The lowest BCUT2D eigenvalue weighted by Crippen LogP contribution is -1.83. The summed E-state index contributed by atoms with van der Waals surface area (Å²) in [7, 11) is 0. The molecule has 0 N–H and O–H groups in total. The molecule has 0 spiro atoms. The van der Waals surface area contributed by atoms with Gasteiger partial charge >= 0.3 is 0 Å². The summed E-state index contributed by atoms with van der Waals surface area (Å²) in [5, 5.41) is 11.0. The molecule has 0 aliphatic heterocycles. The second-order valence-corrected chi connectivity index (χ2v) is 7.35. The van der Waals surface area contributed by atoms with Crippen LogP contribution in [0, 0.1) is 6.92 Å². The number of fused-ring (bicyclic) bond motifs is 1. The number of hydrogen-bond donors (Lipinski definition) is 0. The maximum atomic E-state index is 5.99. The van der Waals surface area contributed by atoms with Crippen molar-refractivity contribution in [3.63, 3.8) is 0 Å². The van der Waals surface area contributed by atoms with E-state index in [4.69, 9.17) is 16.0 Å². The van der Waals surface area contributed by atoms with Crippen molar-refractivity contribution >= 4 is 44.9 Å². The van der Waals surface area contributed by atoms with Crippen LogP contribution in [0.1, 0.15) is 4.88 Å². The summed E-state index contributed by atoms with van der Waals surface area (Å²) < 4.78 is 5.71. The molecule has 0 saturated heterocycles. The molecule has 5 nitrogen and oxygen atoms in total. The minimum Gasteiger partial charge on any atom is -0.411 e. The first kappa shape index (κ1) is 14.6. The minimum atomic E-state index is 0.432. The van der Waals surface area contributed by atoms with E-state index in [1.54, 1.807) is 29.8 Å². The Morgan fingerprint density at radius 1 is 1.17 bits per heavy atom. The molecule has 0 aliphatic carbocycles. The predicted molar refractivity (Wildman–Crippen MR) is 91.0 cm³/mol. The Bertz CT molecular complexity index is 998. The Labute approximate surface area is 144 Å². The van der Waals surface area contributed by atoms with Gasteiger partial charge in [0.15, 0.2) is 0 Å². The Hall–Kier alpha value is -1.96. The normalized spacial score (nSPS) is 11.2. The van der Waals surface area contributed by atoms with Crippen molar-refractivity contribution in [1.29, 1.82) is 0 Å². The summed E-state index contributed by atoms with van der Waals surface area (Å²) >= 11 is 8.96. The zero-order valence-corrected chi connectivity index (χ0v) is 14.2. The van der Waals surface area contributed by atoms with Gasteiger partial charge in [0.25, 0.3) is 5.22 Å². The first-order valence-electron chi connectivity index (χ1n) is 6.67. The molecule has 0 saturated carbocycles. The zero-order valence-electron chi connectivity index (χ0n) is 11.9. The van der Waals surface area contributed by atoms with Gasteiger partial charge in [0.2, 0.25) is 5.89 Å². The summed E-state index contributed by atoms with van der Waals surface area (Å²) in [5.74, 6) is 0.432. The maximum absolute atomic E-state index is 5.99. The predicted octanol–water partition coefficient (Wildman–Crippen LogP) is 4.85. The molecule has 23 heavy (non-hydrogen) atoms. The van der Waals surface area contributed by atoms with Crippen LogP contribution in [0.4, 0.5) is 0 Å². The van der Waals surface area contributed by atoms with Crippen LogP contribution in [0.2, 0.25) is 5.02 Å². The molecule has 4 rings (SSSR count). The quantitative estimate of drug-likeness (QED) is 0.486. The Morgan fingerprint density at radius 2 is 2.09 bits per heavy atom. The topological polar surface area (TPSA) is 64.7 Å². The van der Waals surface area contributed by atoms with Crippen LogP contribution in [-0.2, 0) is 0 Å². The van der Waals surface area contributed by atoms with Gasteiger partial charge in [0, 0.05) is 20.8 Å². The molecular weight excluding hydrogens is 352 g/mol. The Balaban J connectivity index is 1.67. The standard InChI is InChI=1S/C15H9ClN4OS2/c1-8-5-11-13(22-8)17-7-18-14(11)23-15-20-19-12(21-15)9-3-2-4-10(16)6-9/h2-7H,1H3. The fourth-order valence-corrected chi connectivity index (χ4v) is 3.94. The largest absolute Gasteiger partial charge is 0.411 e. The second kappa shape index (κ2) is 5.92. The van der Waals surface area contributed by atoms with E-state index in [-0.39, 0.29) is 0 Å². The first-order chi connectivity index (χ1) is 11.2. The SMILES string of the molecule is Cc1cc2c(Sc3nnc(-c4cccc(Cl)c4)o3)ncnc2s1. The van der Waals surface area contributed by atoms with E-state index in [1.807, 2.05) is 19.1 Å². The molecule has 0 aliphatic rings. The van der Waals surface area contributed by atoms with Crippen LogP contribution < -0.4 is 0 Å². The number of halogens is 1. The maximum Gasteiger partial charge on any atom is 0.283 e. The van der Waals surface area contributed by atoms with Crippen molar-refractivity contribution in [3.05, 3.63) is 46.6 Å². The molecule has 0 unspecified atom stereocenters. The number of nitrogens with zero attached hydrogens (tertiary/aromatic N) is 4. The highest BCUT2D eigenvalue weighted by atomic mass is 35.5. The van der Waals surface area contributed by atoms with Gasteiger partial charge in [0.1, 0.15) is 16.2 Å². The average Bonchev–Trinajstić information content (AvgIpc) is 3.13. The Morgan fingerprint density at radius 3 is 2.96 bits per heavy atom. The van der Waals surface area contributed by atoms with E-state index in [2.05, 4.69) is 26.2 Å². The van der Waals surface area contributed by atoms with E-state index in [9.17, 15) is 0 Å². The van der Waals surface area contributed by atoms with Crippen molar-refractivity contribution in [2.24, 2.45) is 0 Å². The zero-order chi connectivity index (χ0) is 15.8. The van der Waals surface area contributed by atoms with Crippen molar-refractivity contribution < 1.29 is 4.42 Å². The summed E-state index contributed by atoms with van der Waals surface area (Å²) in [6, 6.07) is 9.37. The monoisotopic (exact) mass is 360 g/mol. The lowest BCUT2D eigenvalue weighted by Gasteiger charge is -1.97. The number of benzene rings is 1. The fraction of sp³-hybridized carbons (Fsp3) is 0.0667. The molecule has 3 heterocycles. The number of hydrogen-bond acceptors (Lipinski definition) is 7. The van der Waals surface area contributed by atoms with Gasteiger partial charge in [-0.05, 0) is 43.0 Å².